The summed E-state index contributed by atoms with van der Waals surface area (Å²) in [6.45, 7) is 4.28. The first-order chi connectivity index (χ1) is 14.0. The molecule has 1 amide bonds. The van der Waals surface area contributed by atoms with Gasteiger partial charge in [0.2, 0.25) is 5.91 Å². The number of thiophene rings is 1. The van der Waals surface area contributed by atoms with Gasteiger partial charge in [0.25, 0.3) is 5.56 Å². The van der Waals surface area contributed by atoms with Gasteiger partial charge in [0.15, 0.2) is 0 Å². The molecule has 0 aliphatic heterocycles. The monoisotopic (exact) mass is 409 g/mol. The zero-order valence-electron chi connectivity index (χ0n) is 17.2. The van der Waals surface area contributed by atoms with E-state index in [1.807, 2.05) is 49.2 Å². The van der Waals surface area contributed by atoms with Gasteiger partial charge < -0.3 is 4.90 Å². The quantitative estimate of drug-likeness (QED) is 0.639. The number of carbonyl (C=O) groups excluding carboxylic acids is 1. The molecule has 1 aliphatic carbocycles. The van der Waals surface area contributed by atoms with E-state index in [0.29, 0.717) is 5.39 Å². The van der Waals surface area contributed by atoms with Crippen molar-refractivity contribution in [2.24, 2.45) is 5.92 Å². The van der Waals surface area contributed by atoms with Crippen molar-refractivity contribution in [3.63, 3.8) is 0 Å². The Balaban J connectivity index is 1.60. The average Bonchev–Trinajstić information content (AvgIpc) is 3.08. The van der Waals surface area contributed by atoms with Gasteiger partial charge in [-0.15, -0.1) is 11.3 Å². The fourth-order valence-electron chi connectivity index (χ4n) is 4.23. The van der Waals surface area contributed by atoms with E-state index in [0.717, 1.165) is 52.4 Å². The first-order valence-corrected chi connectivity index (χ1v) is 11.1. The molecule has 0 N–H and O–H groups in total. The van der Waals surface area contributed by atoms with Crippen LogP contribution in [0.1, 0.15) is 38.2 Å². The molecular weight excluding hydrogens is 382 g/mol. The first-order valence-electron chi connectivity index (χ1n) is 10.2. The topological polar surface area (TPSA) is 55.2 Å². The van der Waals surface area contributed by atoms with Crippen molar-refractivity contribution >= 4 is 27.5 Å². The predicted octanol–water partition coefficient (Wildman–Crippen LogP) is 4.47. The summed E-state index contributed by atoms with van der Waals surface area (Å²) >= 11 is 1.53. The molecule has 0 bridgehead atoms. The molecule has 1 saturated carbocycles. The maximum absolute atomic E-state index is 13.1. The summed E-state index contributed by atoms with van der Waals surface area (Å²) in [4.78, 5) is 34.1. The van der Waals surface area contributed by atoms with Crippen LogP contribution >= 0.6 is 11.3 Å². The van der Waals surface area contributed by atoms with Crippen LogP contribution in [-0.2, 0) is 11.3 Å². The second kappa shape index (κ2) is 8.11. The number of hydrogen-bond acceptors (Lipinski definition) is 4. The highest BCUT2D eigenvalue weighted by molar-refractivity contribution is 7.22. The fraction of sp³-hybridized carbons (Fsp3) is 0.435. The Labute approximate surface area is 175 Å². The van der Waals surface area contributed by atoms with E-state index in [1.165, 1.54) is 22.2 Å². The number of benzene rings is 1. The average molecular weight is 410 g/mol. The number of carbonyl (C=O) groups is 1. The van der Waals surface area contributed by atoms with E-state index in [4.69, 9.17) is 0 Å². The van der Waals surface area contributed by atoms with Gasteiger partial charge in [-0.25, -0.2) is 4.98 Å². The molecule has 2 aromatic heterocycles. The minimum absolute atomic E-state index is 0.0241. The van der Waals surface area contributed by atoms with Gasteiger partial charge in [0, 0.05) is 18.0 Å². The van der Waals surface area contributed by atoms with Gasteiger partial charge in [-0.3, -0.25) is 14.2 Å². The molecule has 2 heterocycles. The van der Waals surface area contributed by atoms with Crippen molar-refractivity contribution in [2.45, 2.75) is 52.1 Å². The van der Waals surface area contributed by atoms with Crippen molar-refractivity contribution < 1.29 is 4.79 Å². The molecule has 0 atom stereocenters. The summed E-state index contributed by atoms with van der Waals surface area (Å²) in [6.07, 6.45) is 5.92. The number of aryl methyl sites for hydroxylation is 1. The Bertz CT molecular complexity index is 1080. The number of nitrogens with zero attached hydrogens (tertiary/aromatic N) is 3. The van der Waals surface area contributed by atoms with Gasteiger partial charge >= 0.3 is 0 Å². The fourth-order valence-corrected chi connectivity index (χ4v) is 5.37. The molecular formula is C23H27N3O2S. The summed E-state index contributed by atoms with van der Waals surface area (Å²) in [5.41, 5.74) is 1.89. The molecule has 0 radical (unpaired) electrons. The smallest absolute Gasteiger partial charge is 0.262 e. The highest BCUT2D eigenvalue weighted by Crippen LogP contribution is 2.35. The van der Waals surface area contributed by atoms with E-state index in [9.17, 15) is 9.59 Å². The maximum Gasteiger partial charge on any atom is 0.262 e. The number of amides is 1. The van der Waals surface area contributed by atoms with Crippen LogP contribution in [0, 0.1) is 12.8 Å². The number of likely N-dealkylation sites (N-methyl/N-ethyl adjacent to an activating group) is 1. The molecule has 29 heavy (non-hydrogen) atoms. The van der Waals surface area contributed by atoms with E-state index < -0.39 is 0 Å². The van der Waals surface area contributed by atoms with Crippen molar-refractivity contribution in [2.75, 3.05) is 7.05 Å². The molecule has 1 aromatic carbocycles. The number of aromatic nitrogens is 2. The minimum Gasteiger partial charge on any atom is -0.341 e. The summed E-state index contributed by atoms with van der Waals surface area (Å²) in [7, 11) is 1.86. The standard InChI is InChI=1S/C23H27N3O2S/c1-15-9-11-18(12-10-15)25(3)19(27)13-26-14-24-22-20(23(26)28)16(2)21(29-22)17-7-5-4-6-8-17/h4-8,14-15,18H,9-13H2,1-3H3. The summed E-state index contributed by atoms with van der Waals surface area (Å²) in [5, 5.41) is 0.623. The highest BCUT2D eigenvalue weighted by Gasteiger charge is 2.25. The van der Waals surface area contributed by atoms with Gasteiger partial charge in [-0.1, -0.05) is 37.3 Å². The summed E-state index contributed by atoms with van der Waals surface area (Å²) in [6, 6.07) is 10.3. The van der Waals surface area contributed by atoms with E-state index in [1.54, 1.807) is 0 Å². The van der Waals surface area contributed by atoms with E-state index in [2.05, 4.69) is 11.9 Å². The molecule has 0 saturated heterocycles. The molecule has 0 unspecified atom stereocenters. The maximum atomic E-state index is 13.1. The third-order valence-corrected chi connectivity index (χ3v) is 7.43. The van der Waals surface area contributed by atoms with Crippen LogP contribution in [0.15, 0.2) is 41.5 Å². The Hall–Kier alpha value is -2.47. The second-order valence-corrected chi connectivity index (χ2v) is 9.20. The Morgan fingerprint density at radius 1 is 1.21 bits per heavy atom. The molecule has 152 valence electrons. The second-order valence-electron chi connectivity index (χ2n) is 8.20. The van der Waals surface area contributed by atoms with Crippen molar-refractivity contribution in [1.82, 2.24) is 14.5 Å². The van der Waals surface area contributed by atoms with E-state index >= 15 is 0 Å². The summed E-state index contributed by atoms with van der Waals surface area (Å²) in [5.74, 6) is 0.716. The van der Waals surface area contributed by atoms with Crippen LogP contribution in [-0.4, -0.2) is 33.4 Å². The largest absolute Gasteiger partial charge is 0.341 e. The van der Waals surface area contributed by atoms with Crippen LogP contribution in [0.3, 0.4) is 0 Å². The molecule has 0 spiro atoms. The molecule has 1 fully saturated rings. The Morgan fingerprint density at radius 2 is 1.90 bits per heavy atom. The third kappa shape index (κ3) is 3.86. The minimum atomic E-state index is -0.134. The lowest BCUT2D eigenvalue weighted by atomic mass is 9.87. The van der Waals surface area contributed by atoms with Crippen LogP contribution in [0.5, 0.6) is 0 Å². The zero-order valence-corrected chi connectivity index (χ0v) is 18.0. The van der Waals surface area contributed by atoms with Crippen LogP contribution < -0.4 is 5.56 Å². The van der Waals surface area contributed by atoms with Crippen molar-refractivity contribution in [3.8, 4) is 10.4 Å². The Kier molecular flexibility index (Phi) is 5.54. The van der Waals surface area contributed by atoms with Gasteiger partial charge in [0.05, 0.1) is 11.7 Å². The SMILES string of the molecule is Cc1c(-c2ccccc2)sc2ncn(CC(=O)N(C)C3CCC(C)CC3)c(=O)c12. The predicted molar refractivity (Wildman–Crippen MR) is 118 cm³/mol. The summed E-state index contributed by atoms with van der Waals surface area (Å²) < 4.78 is 1.46. The van der Waals surface area contributed by atoms with Gasteiger partial charge in [0.1, 0.15) is 11.4 Å². The molecule has 4 rings (SSSR count). The lowest BCUT2D eigenvalue weighted by Crippen LogP contribution is -2.42. The van der Waals surface area contributed by atoms with Crippen molar-refractivity contribution in [1.29, 1.82) is 0 Å². The third-order valence-electron chi connectivity index (χ3n) is 6.19. The van der Waals surface area contributed by atoms with Crippen LogP contribution in [0.25, 0.3) is 20.7 Å². The molecule has 3 aromatic rings. The van der Waals surface area contributed by atoms with Crippen molar-refractivity contribution in [3.05, 3.63) is 52.6 Å². The molecule has 1 aliphatic rings. The first kappa shape index (κ1) is 19.8. The normalized spacial score (nSPS) is 19.4. The number of hydrogen-bond donors (Lipinski definition) is 0. The van der Waals surface area contributed by atoms with E-state index in [-0.39, 0.29) is 24.1 Å². The lowest BCUT2D eigenvalue weighted by molar-refractivity contribution is -0.133. The number of rotatable bonds is 4. The zero-order chi connectivity index (χ0) is 20.5. The lowest BCUT2D eigenvalue weighted by Gasteiger charge is -2.33. The molecule has 6 heteroatoms. The number of fused-ring (bicyclic) bond motifs is 1. The molecule has 5 nitrogen and oxygen atoms in total. The Morgan fingerprint density at radius 3 is 2.59 bits per heavy atom. The van der Waals surface area contributed by atoms with Crippen LogP contribution in [0.2, 0.25) is 0 Å². The van der Waals surface area contributed by atoms with Gasteiger partial charge in [-0.2, -0.15) is 0 Å². The highest BCUT2D eigenvalue weighted by atomic mass is 32.1. The van der Waals surface area contributed by atoms with Gasteiger partial charge in [-0.05, 0) is 49.7 Å². The van der Waals surface area contributed by atoms with Crippen LogP contribution in [0.4, 0.5) is 0 Å².